The molecule has 37 heavy (non-hydrogen) atoms. The summed E-state index contributed by atoms with van der Waals surface area (Å²) in [5, 5.41) is 19.3. The van der Waals surface area contributed by atoms with E-state index >= 15 is 4.39 Å². The Morgan fingerprint density at radius 1 is 0.946 bits per heavy atom. The molecule has 1 aliphatic rings. The molecule has 1 atom stereocenters. The van der Waals surface area contributed by atoms with E-state index < -0.39 is 17.6 Å². The molecule has 0 spiro atoms. The maximum Gasteiger partial charge on any atom is 0.254 e. The van der Waals surface area contributed by atoms with Crippen molar-refractivity contribution in [1.29, 1.82) is 5.26 Å². The van der Waals surface area contributed by atoms with Crippen molar-refractivity contribution in [3.05, 3.63) is 118 Å². The summed E-state index contributed by atoms with van der Waals surface area (Å²) in [5.41, 5.74) is 3.41. The molecule has 4 rings (SSSR count). The molecule has 0 bridgehead atoms. The standard InChI is InChI=1S/C29H25FN4O2S/c1-18-12-14-21(15-13-18)33-25(35)17-37-29-23(16-31)27(22-10-6-7-11-24(22)30)26(19(2)32-29)28(36)34-20-8-4-3-5-9-20/h3-15,27,32H,17H2,1-2H3,(H,33,35)(H,34,36)/t27-/m0/s1. The van der Waals surface area contributed by atoms with Gasteiger partial charge in [-0.1, -0.05) is 65.9 Å². The van der Waals surface area contributed by atoms with Crippen LogP contribution in [0.1, 0.15) is 24.0 Å². The maximum atomic E-state index is 15.0. The lowest BCUT2D eigenvalue weighted by Crippen LogP contribution is -2.31. The predicted molar refractivity (Wildman–Crippen MR) is 145 cm³/mol. The molecular formula is C29H25FN4O2S. The Morgan fingerprint density at radius 3 is 2.27 bits per heavy atom. The van der Waals surface area contributed by atoms with Gasteiger partial charge in [-0.3, -0.25) is 9.59 Å². The molecule has 0 aromatic heterocycles. The van der Waals surface area contributed by atoms with Gasteiger partial charge in [0.05, 0.1) is 28.3 Å². The normalized spacial score (nSPS) is 15.0. The summed E-state index contributed by atoms with van der Waals surface area (Å²) in [7, 11) is 0. The lowest BCUT2D eigenvalue weighted by molar-refractivity contribution is -0.114. The molecule has 0 unspecified atom stereocenters. The van der Waals surface area contributed by atoms with Crippen LogP contribution in [0.3, 0.4) is 0 Å². The highest BCUT2D eigenvalue weighted by atomic mass is 32.2. The number of carbonyl (C=O) groups is 2. The number of halogens is 1. The van der Waals surface area contributed by atoms with E-state index in [1.165, 1.54) is 6.07 Å². The number of amides is 2. The quantitative estimate of drug-likeness (QED) is 0.370. The minimum atomic E-state index is -0.946. The second kappa shape index (κ2) is 11.6. The van der Waals surface area contributed by atoms with Crippen LogP contribution in [0.4, 0.5) is 15.8 Å². The fourth-order valence-electron chi connectivity index (χ4n) is 4.04. The van der Waals surface area contributed by atoms with E-state index in [9.17, 15) is 14.9 Å². The molecule has 186 valence electrons. The number of nitrogens with one attached hydrogen (secondary N) is 3. The topological polar surface area (TPSA) is 94.0 Å². The molecule has 1 aliphatic heterocycles. The molecule has 0 saturated carbocycles. The van der Waals surface area contributed by atoms with Gasteiger partial charge in [0.1, 0.15) is 5.82 Å². The SMILES string of the molecule is CC1=C(C(=O)Nc2ccccc2)[C@@H](c2ccccc2F)C(C#N)=C(SCC(=O)Nc2ccc(C)cc2)N1. The minimum Gasteiger partial charge on any atom is -0.353 e. The largest absolute Gasteiger partial charge is 0.353 e. The third-order valence-electron chi connectivity index (χ3n) is 5.82. The zero-order valence-corrected chi connectivity index (χ0v) is 21.2. The van der Waals surface area contributed by atoms with Crippen molar-refractivity contribution in [1.82, 2.24) is 5.32 Å². The summed E-state index contributed by atoms with van der Waals surface area (Å²) in [6.07, 6.45) is 0. The van der Waals surface area contributed by atoms with Crippen LogP contribution in [-0.4, -0.2) is 17.6 Å². The predicted octanol–water partition coefficient (Wildman–Crippen LogP) is 5.84. The molecule has 8 heteroatoms. The fraction of sp³-hybridized carbons (Fsp3) is 0.138. The number of hydrogen-bond donors (Lipinski definition) is 3. The van der Waals surface area contributed by atoms with Gasteiger partial charge in [-0.2, -0.15) is 5.26 Å². The van der Waals surface area contributed by atoms with Crippen molar-refractivity contribution in [2.24, 2.45) is 0 Å². The van der Waals surface area contributed by atoms with E-state index in [-0.39, 0.29) is 28.4 Å². The summed E-state index contributed by atoms with van der Waals surface area (Å²) < 4.78 is 15.0. The van der Waals surface area contributed by atoms with Gasteiger partial charge in [0, 0.05) is 28.2 Å². The maximum absolute atomic E-state index is 15.0. The van der Waals surface area contributed by atoms with E-state index in [0.29, 0.717) is 22.1 Å². The molecule has 3 N–H and O–H groups in total. The smallest absolute Gasteiger partial charge is 0.254 e. The fourth-order valence-corrected chi connectivity index (χ4v) is 4.93. The van der Waals surface area contributed by atoms with Crippen LogP contribution in [0.25, 0.3) is 0 Å². The minimum absolute atomic E-state index is 0.0181. The summed E-state index contributed by atoms with van der Waals surface area (Å²) in [6, 6.07) is 24.6. The lowest BCUT2D eigenvalue weighted by Gasteiger charge is -2.30. The number of nitriles is 1. The number of allylic oxidation sites excluding steroid dienone is 2. The van der Waals surface area contributed by atoms with Crippen LogP contribution < -0.4 is 16.0 Å². The van der Waals surface area contributed by atoms with Gasteiger partial charge >= 0.3 is 0 Å². The third kappa shape index (κ3) is 6.08. The highest BCUT2D eigenvalue weighted by Crippen LogP contribution is 2.41. The summed E-state index contributed by atoms with van der Waals surface area (Å²) in [5.74, 6) is -2.15. The van der Waals surface area contributed by atoms with E-state index in [1.807, 2.05) is 37.3 Å². The number of hydrogen-bond acceptors (Lipinski definition) is 5. The van der Waals surface area contributed by atoms with E-state index in [0.717, 1.165) is 17.3 Å². The van der Waals surface area contributed by atoms with Crippen LogP contribution in [0.15, 0.2) is 101 Å². The Kier molecular flexibility index (Phi) is 8.06. The number of para-hydroxylation sites is 1. The van der Waals surface area contributed by atoms with Crippen LogP contribution >= 0.6 is 11.8 Å². The Morgan fingerprint density at radius 2 is 1.59 bits per heavy atom. The molecule has 0 radical (unpaired) electrons. The average molecular weight is 513 g/mol. The Bertz CT molecular complexity index is 1430. The van der Waals surface area contributed by atoms with Crippen LogP contribution in [0, 0.1) is 24.1 Å². The van der Waals surface area contributed by atoms with Gasteiger partial charge in [0.25, 0.3) is 5.91 Å². The van der Waals surface area contributed by atoms with Gasteiger partial charge in [0.2, 0.25) is 5.91 Å². The Hall–Kier alpha value is -4.35. The number of nitrogens with zero attached hydrogens (tertiary/aromatic N) is 1. The molecule has 0 saturated heterocycles. The Balaban J connectivity index is 1.63. The van der Waals surface area contributed by atoms with Gasteiger partial charge < -0.3 is 16.0 Å². The van der Waals surface area contributed by atoms with E-state index in [2.05, 4.69) is 22.0 Å². The van der Waals surface area contributed by atoms with E-state index in [4.69, 9.17) is 0 Å². The third-order valence-corrected chi connectivity index (χ3v) is 6.84. The zero-order chi connectivity index (χ0) is 26.4. The van der Waals surface area contributed by atoms with Crippen LogP contribution in [0.5, 0.6) is 0 Å². The number of rotatable bonds is 7. The number of carbonyl (C=O) groups excluding carboxylic acids is 2. The van der Waals surface area contributed by atoms with Crippen molar-refractivity contribution in [3.63, 3.8) is 0 Å². The van der Waals surface area contributed by atoms with E-state index in [1.54, 1.807) is 49.4 Å². The van der Waals surface area contributed by atoms with Crippen molar-refractivity contribution in [3.8, 4) is 6.07 Å². The first kappa shape index (κ1) is 25.7. The van der Waals surface area contributed by atoms with Crippen molar-refractivity contribution in [2.45, 2.75) is 19.8 Å². The number of anilines is 2. The highest BCUT2D eigenvalue weighted by Gasteiger charge is 2.36. The molecular weight excluding hydrogens is 487 g/mol. The van der Waals surface area contributed by atoms with Crippen molar-refractivity contribution < 1.29 is 14.0 Å². The summed E-state index contributed by atoms with van der Waals surface area (Å²) in [6.45, 7) is 3.66. The van der Waals surface area contributed by atoms with Gasteiger partial charge in [0.15, 0.2) is 0 Å². The number of aryl methyl sites for hydroxylation is 1. The van der Waals surface area contributed by atoms with Crippen molar-refractivity contribution >= 4 is 35.0 Å². The first-order valence-corrected chi connectivity index (χ1v) is 12.6. The molecule has 3 aromatic carbocycles. The summed E-state index contributed by atoms with van der Waals surface area (Å²) >= 11 is 1.13. The molecule has 0 aliphatic carbocycles. The highest BCUT2D eigenvalue weighted by molar-refractivity contribution is 8.03. The zero-order valence-electron chi connectivity index (χ0n) is 20.3. The Labute approximate surface area is 219 Å². The average Bonchev–Trinajstić information content (AvgIpc) is 2.89. The van der Waals surface area contributed by atoms with Crippen LogP contribution in [-0.2, 0) is 9.59 Å². The molecule has 0 fully saturated rings. The summed E-state index contributed by atoms with van der Waals surface area (Å²) in [4.78, 5) is 26.0. The van der Waals surface area contributed by atoms with Gasteiger partial charge in [-0.05, 0) is 44.2 Å². The first-order valence-electron chi connectivity index (χ1n) is 11.6. The second-order valence-electron chi connectivity index (χ2n) is 8.50. The molecule has 1 heterocycles. The number of thioether (sulfide) groups is 1. The number of benzene rings is 3. The molecule has 6 nitrogen and oxygen atoms in total. The van der Waals surface area contributed by atoms with Crippen molar-refractivity contribution in [2.75, 3.05) is 16.4 Å². The second-order valence-corrected chi connectivity index (χ2v) is 9.48. The first-order chi connectivity index (χ1) is 17.9. The van der Waals surface area contributed by atoms with Crippen LogP contribution in [0.2, 0.25) is 0 Å². The monoisotopic (exact) mass is 512 g/mol. The lowest BCUT2D eigenvalue weighted by atomic mass is 9.82. The molecule has 3 aromatic rings. The van der Waals surface area contributed by atoms with Gasteiger partial charge in [-0.15, -0.1) is 0 Å². The molecule has 2 amide bonds. The van der Waals surface area contributed by atoms with Gasteiger partial charge in [-0.25, -0.2) is 4.39 Å². The number of dihydropyridines is 1.